The van der Waals surface area contributed by atoms with E-state index in [0.717, 1.165) is 22.4 Å². The van der Waals surface area contributed by atoms with E-state index in [-0.39, 0.29) is 11.8 Å². The number of hydrogen-bond acceptors (Lipinski definition) is 6. The molecule has 0 N–H and O–H groups in total. The topological polar surface area (TPSA) is 59.2 Å². The van der Waals surface area contributed by atoms with Crippen molar-refractivity contribution in [1.29, 1.82) is 0 Å². The number of amides is 1. The molecule has 1 amide bonds. The molecule has 0 aliphatic carbocycles. The molecule has 3 heterocycles. The van der Waals surface area contributed by atoms with E-state index in [4.69, 9.17) is 4.52 Å². The average molecular weight is 371 g/mol. The van der Waals surface area contributed by atoms with Gasteiger partial charge in [0.15, 0.2) is 5.82 Å². The van der Waals surface area contributed by atoms with Crippen LogP contribution in [0.15, 0.2) is 50.5 Å². The van der Waals surface area contributed by atoms with Crippen LogP contribution in [0.25, 0.3) is 11.5 Å². The quantitative estimate of drug-likeness (QED) is 0.645. The second-order valence-electron chi connectivity index (χ2n) is 5.91. The summed E-state index contributed by atoms with van der Waals surface area (Å²) in [5.41, 5.74) is 1.71. The van der Waals surface area contributed by atoms with Gasteiger partial charge in [-0.15, -0.1) is 11.8 Å². The van der Waals surface area contributed by atoms with E-state index in [1.54, 1.807) is 23.1 Å². The van der Waals surface area contributed by atoms with Crippen molar-refractivity contribution in [2.45, 2.75) is 17.2 Å². The fourth-order valence-electron chi connectivity index (χ4n) is 3.05. The Kier molecular flexibility index (Phi) is 4.59. The van der Waals surface area contributed by atoms with E-state index < -0.39 is 0 Å². The molecule has 25 heavy (non-hydrogen) atoms. The molecular weight excluding hydrogens is 354 g/mol. The van der Waals surface area contributed by atoms with Crippen LogP contribution in [0.5, 0.6) is 0 Å². The highest BCUT2D eigenvalue weighted by atomic mass is 32.2. The molecule has 7 heteroatoms. The summed E-state index contributed by atoms with van der Waals surface area (Å²) < 4.78 is 5.38. The average Bonchev–Trinajstić information content (AvgIpc) is 3.41. The Bertz CT molecular complexity index is 876. The van der Waals surface area contributed by atoms with Crippen molar-refractivity contribution in [3.05, 3.63) is 52.5 Å². The number of rotatable bonds is 4. The number of carbonyl (C=O) groups excluding carboxylic acids is 1. The van der Waals surface area contributed by atoms with Crippen LogP contribution in [-0.4, -0.2) is 40.3 Å². The Labute approximate surface area is 154 Å². The number of benzene rings is 1. The van der Waals surface area contributed by atoms with Crippen LogP contribution in [0.3, 0.4) is 0 Å². The number of hydrogen-bond donors (Lipinski definition) is 0. The van der Waals surface area contributed by atoms with Crippen molar-refractivity contribution < 1.29 is 9.32 Å². The molecule has 0 saturated carbocycles. The lowest BCUT2D eigenvalue weighted by molar-refractivity contribution is 0.0787. The maximum atomic E-state index is 12.8. The second-order valence-corrected chi connectivity index (χ2v) is 7.53. The molecule has 1 saturated heterocycles. The highest BCUT2D eigenvalue weighted by Crippen LogP contribution is 2.30. The molecule has 1 aromatic carbocycles. The molecule has 0 bridgehead atoms. The molecule has 2 aromatic heterocycles. The first-order valence-electron chi connectivity index (χ1n) is 8.04. The summed E-state index contributed by atoms with van der Waals surface area (Å²) in [5, 5.41) is 8.10. The van der Waals surface area contributed by atoms with Gasteiger partial charge in [0.05, 0.1) is 11.1 Å². The molecule has 1 atom stereocenters. The Hall–Kier alpha value is -2.12. The normalized spacial score (nSPS) is 17.2. The van der Waals surface area contributed by atoms with Crippen LogP contribution >= 0.6 is 23.1 Å². The van der Waals surface area contributed by atoms with Gasteiger partial charge in [0, 0.05) is 29.3 Å². The van der Waals surface area contributed by atoms with Gasteiger partial charge in [-0.05, 0) is 36.3 Å². The second kappa shape index (κ2) is 7.01. The number of carbonyl (C=O) groups is 1. The first-order valence-corrected chi connectivity index (χ1v) is 10.2. The van der Waals surface area contributed by atoms with Gasteiger partial charge in [0.2, 0.25) is 0 Å². The third-order valence-electron chi connectivity index (χ3n) is 4.39. The third kappa shape index (κ3) is 3.21. The van der Waals surface area contributed by atoms with E-state index in [0.29, 0.717) is 24.8 Å². The third-order valence-corrected chi connectivity index (χ3v) is 5.87. The molecule has 1 aliphatic heterocycles. The van der Waals surface area contributed by atoms with Gasteiger partial charge < -0.3 is 9.42 Å². The molecule has 5 nitrogen and oxygen atoms in total. The molecule has 4 rings (SSSR count). The summed E-state index contributed by atoms with van der Waals surface area (Å²) in [6, 6.07) is 9.71. The van der Waals surface area contributed by atoms with E-state index >= 15 is 0 Å². The molecule has 3 aromatic rings. The number of thiophene rings is 1. The summed E-state index contributed by atoms with van der Waals surface area (Å²) in [7, 11) is 0. The van der Waals surface area contributed by atoms with Gasteiger partial charge in [-0.3, -0.25) is 4.79 Å². The molecule has 1 aliphatic rings. The van der Waals surface area contributed by atoms with E-state index in [1.165, 1.54) is 0 Å². The lowest BCUT2D eigenvalue weighted by atomic mass is 10.1. The van der Waals surface area contributed by atoms with Crippen molar-refractivity contribution in [1.82, 2.24) is 15.0 Å². The summed E-state index contributed by atoms with van der Waals surface area (Å²) in [5.74, 6) is 1.44. The highest BCUT2D eigenvalue weighted by Gasteiger charge is 2.31. The zero-order chi connectivity index (χ0) is 17.2. The molecule has 1 fully saturated rings. The lowest BCUT2D eigenvalue weighted by Crippen LogP contribution is -2.29. The van der Waals surface area contributed by atoms with Gasteiger partial charge in [-0.2, -0.15) is 16.3 Å². The predicted molar refractivity (Wildman–Crippen MR) is 99.1 cm³/mol. The minimum atomic E-state index is 0.0778. The summed E-state index contributed by atoms with van der Waals surface area (Å²) in [6.45, 7) is 1.35. The van der Waals surface area contributed by atoms with E-state index in [9.17, 15) is 4.79 Å². The van der Waals surface area contributed by atoms with Crippen LogP contribution < -0.4 is 0 Å². The van der Waals surface area contributed by atoms with Crippen LogP contribution in [0.4, 0.5) is 0 Å². The van der Waals surface area contributed by atoms with Gasteiger partial charge in [-0.25, -0.2) is 0 Å². The van der Waals surface area contributed by atoms with Crippen LogP contribution in [0.1, 0.15) is 28.5 Å². The summed E-state index contributed by atoms with van der Waals surface area (Å²) in [6.07, 6.45) is 2.85. The first kappa shape index (κ1) is 16.4. The Balaban J connectivity index is 1.49. The summed E-state index contributed by atoms with van der Waals surface area (Å²) >= 11 is 3.19. The molecule has 0 unspecified atom stereocenters. The number of aromatic nitrogens is 2. The van der Waals surface area contributed by atoms with Crippen molar-refractivity contribution in [3.8, 4) is 11.5 Å². The Morgan fingerprint density at radius 3 is 3.04 bits per heavy atom. The summed E-state index contributed by atoms with van der Waals surface area (Å²) in [4.78, 5) is 20.3. The van der Waals surface area contributed by atoms with E-state index in [2.05, 4.69) is 10.1 Å². The highest BCUT2D eigenvalue weighted by molar-refractivity contribution is 7.98. The maximum Gasteiger partial charge on any atom is 0.258 e. The SMILES string of the molecule is CSc1ccccc1C(=O)N1CC[C@@H](c2noc(-c3ccsc3)n2)C1. The first-order chi connectivity index (χ1) is 12.3. The van der Waals surface area contributed by atoms with Crippen molar-refractivity contribution in [3.63, 3.8) is 0 Å². The van der Waals surface area contributed by atoms with Gasteiger partial charge in [-0.1, -0.05) is 17.3 Å². The Morgan fingerprint density at radius 2 is 2.24 bits per heavy atom. The minimum absolute atomic E-state index is 0.0778. The molecular formula is C18H17N3O2S2. The standard InChI is InChI=1S/C18H17N3O2S2/c1-24-15-5-3-2-4-14(15)18(22)21-8-6-12(10-21)16-19-17(23-20-16)13-7-9-25-11-13/h2-5,7,9,11-12H,6,8,10H2,1H3/t12-/m1/s1. The largest absolute Gasteiger partial charge is 0.338 e. The smallest absolute Gasteiger partial charge is 0.258 e. The lowest BCUT2D eigenvalue weighted by Gasteiger charge is -2.17. The van der Waals surface area contributed by atoms with Gasteiger partial charge in [0.1, 0.15) is 0 Å². The number of likely N-dealkylation sites (tertiary alicyclic amines) is 1. The molecule has 0 radical (unpaired) electrons. The number of nitrogens with zero attached hydrogens (tertiary/aromatic N) is 3. The zero-order valence-electron chi connectivity index (χ0n) is 13.7. The monoisotopic (exact) mass is 371 g/mol. The van der Waals surface area contributed by atoms with Crippen LogP contribution in [0, 0.1) is 0 Å². The van der Waals surface area contributed by atoms with Crippen molar-refractivity contribution in [2.75, 3.05) is 19.3 Å². The fourth-order valence-corrected chi connectivity index (χ4v) is 4.27. The van der Waals surface area contributed by atoms with Crippen molar-refractivity contribution in [2.24, 2.45) is 0 Å². The molecule has 0 spiro atoms. The van der Waals surface area contributed by atoms with Crippen LogP contribution in [-0.2, 0) is 0 Å². The Morgan fingerprint density at radius 1 is 1.36 bits per heavy atom. The van der Waals surface area contributed by atoms with E-state index in [1.807, 2.05) is 52.2 Å². The number of thioether (sulfide) groups is 1. The van der Waals surface area contributed by atoms with Gasteiger partial charge >= 0.3 is 0 Å². The minimum Gasteiger partial charge on any atom is -0.338 e. The van der Waals surface area contributed by atoms with Crippen molar-refractivity contribution >= 4 is 29.0 Å². The zero-order valence-corrected chi connectivity index (χ0v) is 15.3. The molecule has 128 valence electrons. The fraction of sp³-hybridized carbons (Fsp3) is 0.278. The predicted octanol–water partition coefficient (Wildman–Crippen LogP) is 4.15. The van der Waals surface area contributed by atoms with Gasteiger partial charge in [0.25, 0.3) is 11.8 Å². The van der Waals surface area contributed by atoms with Crippen LogP contribution in [0.2, 0.25) is 0 Å². The maximum absolute atomic E-state index is 12.8.